The van der Waals surface area contributed by atoms with Crippen molar-refractivity contribution in [2.75, 3.05) is 0 Å². The molecule has 0 saturated heterocycles. The normalized spacial score (nSPS) is 13.0. The molecule has 0 fully saturated rings. The molecule has 0 amide bonds. The van der Waals surface area contributed by atoms with Crippen molar-refractivity contribution < 1.29 is 25.6 Å². The van der Waals surface area contributed by atoms with Crippen molar-refractivity contribution in [1.29, 1.82) is 0 Å². The summed E-state index contributed by atoms with van der Waals surface area (Å²) in [4.78, 5) is -1.32. The highest BCUT2D eigenvalue weighted by Crippen LogP contribution is 2.20. The minimum absolute atomic E-state index is 0.533. The van der Waals surface area contributed by atoms with Crippen molar-refractivity contribution in [3.63, 3.8) is 0 Å². The minimum Gasteiger partial charge on any atom is -0.225 e. The molecule has 0 aliphatic carbocycles. The Kier molecular flexibility index (Phi) is 3.31. The summed E-state index contributed by atoms with van der Waals surface area (Å²) in [7, 11) is -8.93. The standard InChI is InChI=1S/C7H7F2NO4S2/c8-7(9)15(11,12)5-2-1-3-6(4-5)16(10,13)14/h1-4,7H,(H2,10,13,14). The van der Waals surface area contributed by atoms with Crippen molar-refractivity contribution in [2.24, 2.45) is 5.14 Å². The Bertz CT molecular complexity index is 595. The zero-order chi connectivity index (χ0) is 12.6. The summed E-state index contributed by atoms with van der Waals surface area (Å²) >= 11 is 0. The quantitative estimate of drug-likeness (QED) is 0.857. The van der Waals surface area contributed by atoms with Crippen LogP contribution in [0, 0.1) is 0 Å². The van der Waals surface area contributed by atoms with Gasteiger partial charge in [-0.3, -0.25) is 0 Å². The van der Waals surface area contributed by atoms with E-state index in [9.17, 15) is 25.6 Å². The number of hydrogen-bond acceptors (Lipinski definition) is 4. The van der Waals surface area contributed by atoms with Crippen LogP contribution in [0.25, 0.3) is 0 Å². The Morgan fingerprint density at radius 3 is 2.00 bits per heavy atom. The van der Waals surface area contributed by atoms with Gasteiger partial charge in [-0.1, -0.05) is 6.07 Å². The molecular formula is C7H7F2NO4S2. The zero-order valence-electron chi connectivity index (χ0n) is 7.67. The van der Waals surface area contributed by atoms with Crippen LogP contribution < -0.4 is 5.14 Å². The molecule has 0 radical (unpaired) electrons. The third-order valence-corrected chi connectivity index (χ3v) is 3.99. The van der Waals surface area contributed by atoms with E-state index in [-0.39, 0.29) is 0 Å². The number of rotatable bonds is 3. The Labute approximate surface area is 90.9 Å². The number of alkyl halides is 2. The van der Waals surface area contributed by atoms with Gasteiger partial charge < -0.3 is 0 Å². The van der Waals surface area contributed by atoms with Crippen LogP contribution in [0.3, 0.4) is 0 Å². The van der Waals surface area contributed by atoms with Crippen LogP contribution in [0.4, 0.5) is 8.78 Å². The second-order valence-electron chi connectivity index (χ2n) is 2.83. The summed E-state index contributed by atoms with van der Waals surface area (Å²) in [6, 6.07) is 3.50. The summed E-state index contributed by atoms with van der Waals surface area (Å²) in [5.41, 5.74) is 0. The van der Waals surface area contributed by atoms with Crippen molar-refractivity contribution in [2.45, 2.75) is 15.5 Å². The number of sulfonamides is 1. The lowest BCUT2D eigenvalue weighted by Crippen LogP contribution is -2.15. The van der Waals surface area contributed by atoms with Gasteiger partial charge in [-0.15, -0.1) is 0 Å². The highest BCUT2D eigenvalue weighted by molar-refractivity contribution is 7.92. The summed E-state index contributed by atoms with van der Waals surface area (Å²) in [6.45, 7) is 0. The van der Waals surface area contributed by atoms with Crippen molar-refractivity contribution in [1.82, 2.24) is 0 Å². The monoisotopic (exact) mass is 271 g/mol. The molecule has 0 aliphatic heterocycles. The Morgan fingerprint density at radius 2 is 1.56 bits per heavy atom. The first-order chi connectivity index (χ1) is 7.15. The minimum atomic E-state index is -4.81. The average Bonchev–Trinajstić information content (AvgIpc) is 2.16. The predicted octanol–water partition coefficient (Wildman–Crippen LogP) is 0.330. The van der Waals surface area contributed by atoms with Crippen molar-refractivity contribution >= 4 is 19.9 Å². The molecule has 0 spiro atoms. The van der Waals surface area contributed by atoms with Gasteiger partial charge >= 0.3 is 5.76 Å². The first kappa shape index (κ1) is 13.0. The van der Waals surface area contributed by atoms with Gasteiger partial charge in [0.15, 0.2) is 0 Å². The molecule has 1 rings (SSSR count). The molecule has 5 nitrogen and oxygen atoms in total. The van der Waals surface area contributed by atoms with Crippen LogP contribution in [0.15, 0.2) is 34.1 Å². The van der Waals surface area contributed by atoms with Gasteiger partial charge in [0.25, 0.3) is 0 Å². The molecule has 0 aliphatic rings. The summed E-state index contributed by atoms with van der Waals surface area (Å²) in [6.07, 6.45) is 0. The van der Waals surface area contributed by atoms with E-state index in [2.05, 4.69) is 0 Å². The van der Waals surface area contributed by atoms with Crippen LogP contribution in [0.5, 0.6) is 0 Å². The molecule has 90 valence electrons. The third kappa shape index (κ3) is 2.54. The number of primary sulfonamides is 1. The topological polar surface area (TPSA) is 94.3 Å². The fourth-order valence-corrected chi connectivity index (χ4v) is 2.33. The molecule has 0 saturated carbocycles. The molecule has 1 aromatic carbocycles. The fraction of sp³-hybridized carbons (Fsp3) is 0.143. The zero-order valence-corrected chi connectivity index (χ0v) is 9.30. The lowest BCUT2D eigenvalue weighted by molar-refractivity contribution is 0.234. The molecule has 1 aromatic rings. The van der Waals surface area contributed by atoms with E-state index in [1.807, 2.05) is 0 Å². The maximum absolute atomic E-state index is 12.2. The SMILES string of the molecule is NS(=O)(=O)c1cccc(S(=O)(=O)C(F)F)c1. The molecule has 0 bridgehead atoms. The smallest absolute Gasteiger partial charge is 0.225 e. The second kappa shape index (κ2) is 4.07. The van der Waals surface area contributed by atoms with E-state index in [4.69, 9.17) is 5.14 Å². The summed E-state index contributed by atoms with van der Waals surface area (Å²) < 4.78 is 68.1. The van der Waals surface area contributed by atoms with E-state index < -0.39 is 35.4 Å². The maximum atomic E-state index is 12.2. The van der Waals surface area contributed by atoms with Crippen molar-refractivity contribution in [3.8, 4) is 0 Å². The molecule has 2 N–H and O–H groups in total. The van der Waals surface area contributed by atoms with Gasteiger partial charge in [0, 0.05) is 0 Å². The average molecular weight is 271 g/mol. The largest absolute Gasteiger partial charge is 0.341 e. The lowest BCUT2D eigenvalue weighted by atomic mass is 10.4. The molecule has 0 aromatic heterocycles. The number of hydrogen-bond donors (Lipinski definition) is 1. The van der Waals surface area contributed by atoms with E-state index in [1.165, 1.54) is 0 Å². The van der Waals surface area contributed by atoms with Gasteiger partial charge in [-0.05, 0) is 18.2 Å². The molecule has 9 heteroatoms. The molecular weight excluding hydrogens is 264 g/mol. The van der Waals surface area contributed by atoms with Crippen LogP contribution in [-0.4, -0.2) is 22.6 Å². The maximum Gasteiger partial charge on any atom is 0.341 e. The molecule has 0 atom stereocenters. The summed E-state index contributed by atoms with van der Waals surface area (Å²) in [5, 5.41) is 4.73. The van der Waals surface area contributed by atoms with Gasteiger partial charge in [-0.2, -0.15) is 8.78 Å². The van der Waals surface area contributed by atoms with Crippen LogP contribution >= 0.6 is 0 Å². The highest BCUT2D eigenvalue weighted by Gasteiger charge is 2.27. The number of sulfone groups is 1. The van der Waals surface area contributed by atoms with Gasteiger partial charge in [0.05, 0.1) is 9.79 Å². The summed E-state index contributed by atoms with van der Waals surface area (Å²) in [5.74, 6) is -3.61. The van der Waals surface area contributed by atoms with Crippen LogP contribution in [0.1, 0.15) is 0 Å². The first-order valence-corrected chi connectivity index (χ1v) is 6.90. The Hall–Kier alpha value is -1.06. The van der Waals surface area contributed by atoms with E-state index in [1.54, 1.807) is 0 Å². The van der Waals surface area contributed by atoms with E-state index in [0.717, 1.165) is 18.2 Å². The van der Waals surface area contributed by atoms with E-state index >= 15 is 0 Å². The number of benzene rings is 1. The highest BCUT2D eigenvalue weighted by atomic mass is 32.2. The number of halogens is 2. The van der Waals surface area contributed by atoms with Crippen molar-refractivity contribution in [3.05, 3.63) is 24.3 Å². The van der Waals surface area contributed by atoms with Gasteiger partial charge in [0.1, 0.15) is 0 Å². The fourth-order valence-electron chi connectivity index (χ4n) is 0.931. The van der Waals surface area contributed by atoms with Gasteiger partial charge in [-0.25, -0.2) is 22.0 Å². The molecule has 0 unspecified atom stereocenters. The molecule has 16 heavy (non-hydrogen) atoms. The third-order valence-electron chi connectivity index (χ3n) is 1.70. The van der Waals surface area contributed by atoms with E-state index in [0.29, 0.717) is 6.07 Å². The Morgan fingerprint density at radius 1 is 1.06 bits per heavy atom. The van der Waals surface area contributed by atoms with Crippen LogP contribution in [0.2, 0.25) is 0 Å². The molecule has 0 heterocycles. The van der Waals surface area contributed by atoms with Gasteiger partial charge in [0.2, 0.25) is 19.9 Å². The lowest BCUT2D eigenvalue weighted by Gasteiger charge is -2.04. The first-order valence-electron chi connectivity index (χ1n) is 3.80. The second-order valence-corrected chi connectivity index (χ2v) is 6.30. The predicted molar refractivity (Wildman–Crippen MR) is 51.0 cm³/mol. The number of nitrogens with two attached hydrogens (primary N) is 1. The Balaban J connectivity index is 3.41. The van der Waals surface area contributed by atoms with Crippen LogP contribution in [-0.2, 0) is 19.9 Å².